The largest absolute Gasteiger partial charge is 0.491 e. The van der Waals surface area contributed by atoms with E-state index in [1.54, 1.807) is 7.11 Å². The zero-order chi connectivity index (χ0) is 46.3. The lowest BCUT2D eigenvalue weighted by atomic mass is 9.92. The van der Waals surface area contributed by atoms with Crippen LogP contribution in [-0.4, -0.2) is 67.2 Å². The van der Waals surface area contributed by atoms with Gasteiger partial charge in [0.05, 0.1) is 31.0 Å². The van der Waals surface area contributed by atoms with Crippen molar-refractivity contribution in [3.8, 4) is 5.75 Å². The van der Waals surface area contributed by atoms with Gasteiger partial charge in [0, 0.05) is 13.0 Å². The lowest BCUT2D eigenvalue weighted by molar-refractivity contribution is -0.155. The van der Waals surface area contributed by atoms with Gasteiger partial charge in [-0.3, -0.25) is 0 Å². The lowest BCUT2D eigenvalue weighted by Crippen LogP contribution is -2.45. The summed E-state index contributed by atoms with van der Waals surface area (Å²) < 4.78 is 23.0. The van der Waals surface area contributed by atoms with E-state index in [1.807, 2.05) is 46.8 Å². The van der Waals surface area contributed by atoms with Gasteiger partial charge < -0.3 is 29.2 Å². The van der Waals surface area contributed by atoms with Gasteiger partial charge in [0.25, 0.3) is 0 Å². The first-order valence-electron chi connectivity index (χ1n) is 25.6. The van der Waals surface area contributed by atoms with Gasteiger partial charge in [0.2, 0.25) is 0 Å². The van der Waals surface area contributed by atoms with Gasteiger partial charge in [-0.25, -0.2) is 0 Å². The van der Waals surface area contributed by atoms with Gasteiger partial charge in [-0.2, -0.15) is 0 Å². The second-order valence-corrected chi connectivity index (χ2v) is 19.1. The highest BCUT2D eigenvalue weighted by atomic mass is 16.5. The van der Waals surface area contributed by atoms with Crippen LogP contribution in [0.2, 0.25) is 0 Å². The van der Waals surface area contributed by atoms with Crippen LogP contribution in [0.4, 0.5) is 0 Å². The van der Waals surface area contributed by atoms with Crippen LogP contribution in [-0.2, 0) is 27.1 Å². The third kappa shape index (κ3) is 32.8. The molecule has 2 N–H and O–H groups in total. The van der Waals surface area contributed by atoms with Crippen LogP contribution in [0.15, 0.2) is 78.9 Å². The summed E-state index contributed by atoms with van der Waals surface area (Å²) in [5.74, 6) is 0.826. The molecule has 3 atom stereocenters. The van der Waals surface area contributed by atoms with Crippen molar-refractivity contribution in [1.82, 2.24) is 0 Å². The molecule has 63 heavy (non-hydrogen) atoms. The maximum absolute atomic E-state index is 10.5. The summed E-state index contributed by atoms with van der Waals surface area (Å²) in [4.78, 5) is 0. The summed E-state index contributed by atoms with van der Waals surface area (Å²) in [5, 5.41) is 20.8. The Hall–Kier alpha value is -2.48. The molecular weight excluding hydrogens is 781 g/mol. The molecule has 0 spiro atoms. The topological polar surface area (TPSA) is 77.4 Å². The molecule has 6 heteroatoms. The van der Waals surface area contributed by atoms with Gasteiger partial charge in [-0.15, -0.1) is 0 Å². The first kappa shape index (κ1) is 58.5. The molecule has 0 heterocycles. The molecule has 0 fully saturated rings. The minimum absolute atomic E-state index is 0.0406. The second kappa shape index (κ2) is 38.8. The van der Waals surface area contributed by atoms with E-state index in [9.17, 15) is 10.2 Å². The highest BCUT2D eigenvalue weighted by molar-refractivity contribution is 5.28. The summed E-state index contributed by atoms with van der Waals surface area (Å²) >= 11 is 0. The average molecular weight is 879 g/mol. The Kier molecular flexibility index (Phi) is 36.0. The molecule has 0 aliphatic carbocycles. The third-order valence-corrected chi connectivity index (χ3v) is 12.3. The van der Waals surface area contributed by atoms with E-state index in [2.05, 4.69) is 80.6 Å². The molecular formula is C57H98O6. The molecule has 362 valence electrons. The van der Waals surface area contributed by atoms with E-state index in [1.165, 1.54) is 159 Å². The van der Waals surface area contributed by atoms with Gasteiger partial charge in [0.1, 0.15) is 24.6 Å². The normalized spacial score (nSPS) is 13.6. The van der Waals surface area contributed by atoms with Crippen LogP contribution in [0, 0.1) is 5.92 Å². The predicted octanol–water partition coefficient (Wildman–Crippen LogP) is 15.2. The van der Waals surface area contributed by atoms with Gasteiger partial charge >= 0.3 is 0 Å². The fourth-order valence-corrected chi connectivity index (χ4v) is 7.19. The number of hydrogen-bond acceptors (Lipinski definition) is 6. The molecule has 0 saturated heterocycles. The predicted molar refractivity (Wildman–Crippen MR) is 270 cm³/mol. The van der Waals surface area contributed by atoms with Gasteiger partial charge in [-0.1, -0.05) is 177 Å². The van der Waals surface area contributed by atoms with Crippen molar-refractivity contribution in [1.29, 1.82) is 0 Å². The fraction of sp³-hybridized carbons (Fsp3) is 0.719. The smallest absolute Gasteiger partial charge is 0.119 e. The van der Waals surface area contributed by atoms with Crippen LogP contribution in [0.25, 0.3) is 0 Å². The summed E-state index contributed by atoms with van der Waals surface area (Å²) in [6.07, 6.45) is 39.5. The van der Waals surface area contributed by atoms with Crippen molar-refractivity contribution in [2.45, 2.75) is 226 Å². The van der Waals surface area contributed by atoms with Crippen molar-refractivity contribution in [3.05, 3.63) is 90.0 Å². The SMILES string of the molecule is CCCC/C=C/CCCCCCCCCc1cccc(OCC(O)COC(C)(C)C(C)COC(C)(C)C(O)COC)c1.CCCC/C=C/CCCCCCCCCc1ccccc1. The minimum atomic E-state index is -0.738. The van der Waals surface area contributed by atoms with Crippen LogP contribution in [0.5, 0.6) is 5.75 Å². The number of aryl methyl sites for hydroxylation is 2. The van der Waals surface area contributed by atoms with E-state index in [0.717, 1.165) is 12.2 Å². The summed E-state index contributed by atoms with van der Waals surface area (Å²) in [6, 6.07) is 19.1. The number of aliphatic hydroxyl groups excluding tert-OH is 2. The van der Waals surface area contributed by atoms with Crippen LogP contribution >= 0.6 is 0 Å². The van der Waals surface area contributed by atoms with Crippen molar-refractivity contribution >= 4 is 0 Å². The zero-order valence-electron chi connectivity index (χ0n) is 42.1. The highest BCUT2D eigenvalue weighted by Gasteiger charge is 2.33. The number of unbranched alkanes of at least 4 members (excludes halogenated alkanes) is 18. The van der Waals surface area contributed by atoms with E-state index < -0.39 is 23.4 Å². The van der Waals surface area contributed by atoms with Crippen LogP contribution in [0.1, 0.15) is 201 Å². The van der Waals surface area contributed by atoms with E-state index >= 15 is 0 Å². The molecule has 2 rings (SSSR count). The van der Waals surface area contributed by atoms with Crippen molar-refractivity contribution < 1.29 is 29.2 Å². The van der Waals surface area contributed by atoms with Gasteiger partial charge in [-0.05, 0) is 115 Å². The van der Waals surface area contributed by atoms with Crippen molar-refractivity contribution in [3.63, 3.8) is 0 Å². The number of rotatable bonds is 39. The first-order valence-corrected chi connectivity index (χ1v) is 25.6. The maximum Gasteiger partial charge on any atom is 0.119 e. The Balaban J connectivity index is 0.000000787. The Bertz CT molecular complexity index is 1350. The minimum Gasteiger partial charge on any atom is -0.491 e. The fourth-order valence-electron chi connectivity index (χ4n) is 7.19. The molecule has 2 aromatic rings. The molecule has 0 amide bonds. The number of benzene rings is 2. The molecule has 6 nitrogen and oxygen atoms in total. The number of aliphatic hydroxyl groups is 2. The Morgan fingerprint density at radius 1 is 0.508 bits per heavy atom. The van der Waals surface area contributed by atoms with E-state index in [-0.39, 0.29) is 25.7 Å². The Morgan fingerprint density at radius 2 is 0.968 bits per heavy atom. The molecule has 0 aliphatic rings. The summed E-state index contributed by atoms with van der Waals surface area (Å²) in [6.45, 7) is 15.2. The van der Waals surface area contributed by atoms with Crippen molar-refractivity contribution in [2.24, 2.45) is 5.92 Å². The average Bonchev–Trinajstić information content (AvgIpc) is 3.28. The quantitative estimate of drug-likeness (QED) is 0.0515. The van der Waals surface area contributed by atoms with E-state index in [4.69, 9.17) is 18.9 Å². The van der Waals surface area contributed by atoms with E-state index in [0.29, 0.717) is 6.61 Å². The third-order valence-electron chi connectivity index (χ3n) is 12.3. The summed E-state index contributed by atoms with van der Waals surface area (Å²) in [7, 11) is 1.56. The number of ether oxygens (including phenoxy) is 4. The molecule has 0 aliphatic heterocycles. The van der Waals surface area contributed by atoms with Crippen LogP contribution < -0.4 is 4.74 Å². The van der Waals surface area contributed by atoms with Crippen LogP contribution in [0.3, 0.4) is 0 Å². The zero-order valence-corrected chi connectivity index (χ0v) is 42.1. The number of allylic oxidation sites excluding steroid dienone is 4. The summed E-state index contributed by atoms with van der Waals surface area (Å²) in [5.41, 5.74) is 1.52. The van der Waals surface area contributed by atoms with Crippen molar-refractivity contribution in [2.75, 3.05) is 33.5 Å². The Labute approximate surface area is 389 Å². The Morgan fingerprint density at radius 3 is 1.49 bits per heavy atom. The highest BCUT2D eigenvalue weighted by Crippen LogP contribution is 2.25. The molecule has 0 bridgehead atoms. The number of hydrogen-bond donors (Lipinski definition) is 2. The molecule has 0 radical (unpaired) electrons. The molecule has 0 saturated carbocycles. The molecule has 0 aromatic heterocycles. The standard InChI is InChI=1S/C36H64O6.C21H34/c1-8-9-10-11-12-13-14-15-16-17-18-19-20-22-31-23-21-24-33(25-31)40-27-32(37)28-42-35(3,4)30(2)26-41-36(5,6)34(38)29-39-7;1-2-3-4-5-6-7-8-9-10-11-12-13-15-18-21-19-16-14-17-20-21/h11-12,21,23-25,30,32,34,37-38H,8-10,13-20,22,26-29H2,1-7H3;5-6,14,16-17,19-20H,2-4,7-13,15,18H2,1H3/b12-11+;6-5+. The second-order valence-electron chi connectivity index (χ2n) is 19.1. The first-order chi connectivity index (χ1) is 30.4. The monoisotopic (exact) mass is 879 g/mol. The molecule has 3 unspecified atom stereocenters. The molecule has 2 aromatic carbocycles. The lowest BCUT2D eigenvalue weighted by Gasteiger charge is -2.36. The maximum atomic E-state index is 10.5. The number of methoxy groups -OCH3 is 1. The van der Waals surface area contributed by atoms with Gasteiger partial charge in [0.15, 0.2) is 0 Å².